The first kappa shape index (κ1) is 15.5. The van der Waals surface area contributed by atoms with Crippen LogP contribution >= 0.6 is 0 Å². The summed E-state index contributed by atoms with van der Waals surface area (Å²) in [7, 11) is 1.75. The molecule has 1 fully saturated rings. The van der Waals surface area contributed by atoms with Crippen LogP contribution in [0.3, 0.4) is 0 Å². The maximum absolute atomic E-state index is 12.9. The van der Waals surface area contributed by atoms with Gasteiger partial charge in [0.15, 0.2) is 0 Å². The number of rotatable bonds is 3. The molecular formula is C14H19F3N4. The fourth-order valence-corrected chi connectivity index (χ4v) is 2.47. The Morgan fingerprint density at radius 2 is 2.10 bits per heavy atom. The Morgan fingerprint density at radius 1 is 1.43 bits per heavy atom. The third-order valence-electron chi connectivity index (χ3n) is 3.82. The molecule has 0 amide bonds. The summed E-state index contributed by atoms with van der Waals surface area (Å²) in [6.07, 6.45) is -2.65. The minimum Gasteiger partial charge on any atom is -0.373 e. The lowest BCUT2D eigenvalue weighted by molar-refractivity contribution is -0.150. The van der Waals surface area contributed by atoms with Crippen molar-refractivity contribution in [3.05, 3.63) is 36.3 Å². The molecule has 2 heterocycles. The molecule has 2 rings (SSSR count). The number of anilines is 1. The fourth-order valence-electron chi connectivity index (χ4n) is 2.47. The van der Waals surface area contributed by atoms with Gasteiger partial charge >= 0.3 is 6.18 Å². The van der Waals surface area contributed by atoms with Crippen LogP contribution in [0.5, 0.6) is 0 Å². The highest BCUT2D eigenvalue weighted by Gasteiger charge is 2.48. The van der Waals surface area contributed by atoms with Crippen molar-refractivity contribution in [2.24, 2.45) is 0 Å². The van der Waals surface area contributed by atoms with Crippen LogP contribution in [0.1, 0.15) is 19.4 Å². The third-order valence-corrected chi connectivity index (χ3v) is 3.82. The average molecular weight is 300 g/mol. The molecule has 0 radical (unpaired) electrons. The van der Waals surface area contributed by atoms with E-state index in [9.17, 15) is 13.2 Å². The lowest BCUT2D eigenvalue weighted by atomic mass is 9.93. The molecule has 1 aliphatic rings. The highest BCUT2D eigenvalue weighted by molar-refractivity contribution is 5.39. The number of halogens is 3. The highest BCUT2D eigenvalue weighted by atomic mass is 19.4. The summed E-state index contributed by atoms with van der Waals surface area (Å²) in [5.41, 5.74) is 0.242. The number of alkyl halides is 3. The predicted octanol–water partition coefficient (Wildman–Crippen LogP) is 2.67. The van der Waals surface area contributed by atoms with E-state index in [2.05, 4.69) is 22.2 Å². The summed E-state index contributed by atoms with van der Waals surface area (Å²) in [4.78, 5) is 5.76. The molecule has 1 saturated heterocycles. The highest BCUT2D eigenvalue weighted by Crippen LogP contribution is 2.36. The molecule has 1 aromatic heterocycles. The molecule has 0 aliphatic carbocycles. The van der Waals surface area contributed by atoms with E-state index in [0.29, 0.717) is 5.82 Å². The molecule has 0 saturated carbocycles. The van der Waals surface area contributed by atoms with Crippen molar-refractivity contribution >= 4 is 5.82 Å². The molecule has 4 nitrogen and oxygen atoms in total. The first-order valence-corrected chi connectivity index (χ1v) is 6.60. The van der Waals surface area contributed by atoms with Crippen molar-refractivity contribution in [1.29, 1.82) is 0 Å². The van der Waals surface area contributed by atoms with Crippen molar-refractivity contribution in [2.75, 3.05) is 18.9 Å². The molecular weight excluding hydrogens is 281 g/mol. The molecule has 1 atom stereocenters. The Bertz CT molecular complexity index is 539. The molecule has 0 spiro atoms. The molecule has 1 aliphatic heterocycles. The second kappa shape index (κ2) is 5.13. The van der Waals surface area contributed by atoms with Crippen LogP contribution in [0, 0.1) is 0 Å². The van der Waals surface area contributed by atoms with Crippen molar-refractivity contribution in [1.82, 2.24) is 15.2 Å². The lowest BCUT2D eigenvalue weighted by Crippen LogP contribution is -2.42. The fraction of sp³-hybridized carbons (Fsp3) is 0.500. The lowest BCUT2D eigenvalue weighted by Gasteiger charge is -2.37. The largest absolute Gasteiger partial charge is 0.410 e. The Labute approximate surface area is 122 Å². The van der Waals surface area contributed by atoms with Crippen LogP contribution in [0.15, 0.2) is 30.7 Å². The van der Waals surface area contributed by atoms with Gasteiger partial charge in [0, 0.05) is 19.8 Å². The third kappa shape index (κ3) is 2.91. The van der Waals surface area contributed by atoms with Crippen LogP contribution in [0.2, 0.25) is 0 Å². The number of nitrogens with one attached hydrogen (secondary N) is 2. The molecule has 1 unspecified atom stereocenters. The number of hydrogen-bond acceptors (Lipinski definition) is 4. The van der Waals surface area contributed by atoms with Gasteiger partial charge in [0.1, 0.15) is 11.9 Å². The SMILES string of the molecule is C=C1NC(C(F)(F)F)CN1C(C)(C)c1ccnc(NC)c1. The van der Waals surface area contributed by atoms with Crippen LogP contribution < -0.4 is 10.6 Å². The number of hydrogen-bond donors (Lipinski definition) is 2. The van der Waals surface area contributed by atoms with Crippen molar-refractivity contribution in [3.8, 4) is 0 Å². The van der Waals surface area contributed by atoms with Crippen molar-refractivity contribution in [3.63, 3.8) is 0 Å². The quantitative estimate of drug-likeness (QED) is 0.900. The molecule has 0 aromatic carbocycles. The van der Waals surface area contributed by atoms with Crippen LogP contribution in [-0.4, -0.2) is 35.7 Å². The molecule has 0 bridgehead atoms. The average Bonchev–Trinajstić information content (AvgIpc) is 2.81. The maximum Gasteiger partial charge on any atom is 0.410 e. The van der Waals surface area contributed by atoms with Gasteiger partial charge in [0.05, 0.1) is 11.4 Å². The Hall–Kier alpha value is -1.92. The summed E-state index contributed by atoms with van der Waals surface area (Å²) in [5, 5.41) is 5.35. The molecule has 7 heteroatoms. The monoisotopic (exact) mass is 300 g/mol. The van der Waals surface area contributed by atoms with E-state index in [4.69, 9.17) is 0 Å². The van der Waals surface area contributed by atoms with E-state index in [-0.39, 0.29) is 12.4 Å². The molecule has 2 N–H and O–H groups in total. The van der Waals surface area contributed by atoms with Gasteiger partial charge in [-0.2, -0.15) is 13.2 Å². The zero-order valence-corrected chi connectivity index (χ0v) is 12.3. The van der Waals surface area contributed by atoms with Crippen molar-refractivity contribution < 1.29 is 13.2 Å². The molecule has 21 heavy (non-hydrogen) atoms. The van der Waals surface area contributed by atoms with Crippen LogP contribution in [0.4, 0.5) is 19.0 Å². The topological polar surface area (TPSA) is 40.2 Å². The van der Waals surface area contributed by atoms with Gasteiger partial charge in [0.25, 0.3) is 0 Å². The van der Waals surface area contributed by atoms with Crippen LogP contribution in [-0.2, 0) is 5.54 Å². The minimum absolute atomic E-state index is 0.160. The first-order chi connectivity index (χ1) is 9.66. The summed E-state index contributed by atoms with van der Waals surface area (Å²) >= 11 is 0. The van der Waals surface area contributed by atoms with Gasteiger partial charge < -0.3 is 15.5 Å². The minimum atomic E-state index is -4.29. The van der Waals surface area contributed by atoms with Gasteiger partial charge in [-0.3, -0.25) is 0 Å². The van der Waals surface area contributed by atoms with E-state index >= 15 is 0 Å². The Balaban J connectivity index is 2.29. The summed E-state index contributed by atoms with van der Waals surface area (Å²) in [6.45, 7) is 7.29. The van der Waals surface area contributed by atoms with E-state index < -0.39 is 17.8 Å². The van der Waals surface area contributed by atoms with Gasteiger partial charge in [-0.1, -0.05) is 6.58 Å². The van der Waals surface area contributed by atoms with Gasteiger partial charge in [-0.25, -0.2) is 4.98 Å². The summed E-state index contributed by atoms with van der Waals surface area (Å²) in [5.74, 6) is 0.954. The molecule has 1 aromatic rings. The normalized spacial score (nSPS) is 19.6. The van der Waals surface area contributed by atoms with Crippen LogP contribution in [0.25, 0.3) is 0 Å². The Kier molecular flexibility index (Phi) is 3.78. The number of nitrogens with zero attached hydrogens (tertiary/aromatic N) is 2. The van der Waals surface area contributed by atoms with Gasteiger partial charge in [-0.05, 0) is 31.5 Å². The standard InChI is InChI=1S/C14H19F3N4/c1-9-20-11(14(15,16)17)8-21(9)13(2,3)10-5-6-19-12(7-10)18-4/h5-7,11,20H,1,8H2,2-4H3,(H,18,19). The van der Waals surface area contributed by atoms with E-state index in [0.717, 1.165) is 5.56 Å². The number of pyridine rings is 1. The molecule has 116 valence electrons. The Morgan fingerprint density at radius 3 is 2.62 bits per heavy atom. The second-order valence-corrected chi connectivity index (χ2v) is 5.53. The maximum atomic E-state index is 12.9. The zero-order valence-electron chi connectivity index (χ0n) is 12.3. The second-order valence-electron chi connectivity index (χ2n) is 5.53. The van der Waals surface area contributed by atoms with Crippen molar-refractivity contribution in [2.45, 2.75) is 31.6 Å². The summed E-state index contributed by atoms with van der Waals surface area (Å²) in [6, 6.07) is 2.04. The van der Waals surface area contributed by atoms with E-state index in [1.165, 1.54) is 0 Å². The van der Waals surface area contributed by atoms with E-state index in [1.54, 1.807) is 24.2 Å². The van der Waals surface area contributed by atoms with E-state index in [1.807, 2.05) is 19.9 Å². The smallest absolute Gasteiger partial charge is 0.373 e. The summed E-state index contributed by atoms with van der Waals surface area (Å²) < 4.78 is 38.6. The predicted molar refractivity (Wildman–Crippen MR) is 75.6 cm³/mol. The first-order valence-electron chi connectivity index (χ1n) is 6.60. The zero-order chi connectivity index (χ0) is 15.8. The number of aromatic nitrogens is 1. The van der Waals surface area contributed by atoms with Gasteiger partial charge in [-0.15, -0.1) is 0 Å². The van der Waals surface area contributed by atoms with Gasteiger partial charge in [0.2, 0.25) is 0 Å².